The summed E-state index contributed by atoms with van der Waals surface area (Å²) in [7, 11) is 0. The summed E-state index contributed by atoms with van der Waals surface area (Å²) in [6, 6.07) is 5.76. The van der Waals surface area contributed by atoms with Crippen LogP contribution >= 0.6 is 0 Å². The minimum Gasteiger partial charge on any atom is -0.396 e. The van der Waals surface area contributed by atoms with Crippen molar-refractivity contribution in [3.63, 3.8) is 0 Å². The molecule has 0 radical (unpaired) electrons. The molecule has 0 aliphatic rings. The number of urea groups is 1. The molecule has 2 amide bonds. The molecule has 1 heterocycles. The van der Waals surface area contributed by atoms with Crippen LogP contribution in [0.15, 0.2) is 18.2 Å². The number of fused-ring (bicyclic) bond motifs is 1. The molecule has 2 rings (SSSR count). The van der Waals surface area contributed by atoms with Crippen LogP contribution in [0.5, 0.6) is 0 Å². The van der Waals surface area contributed by atoms with Crippen LogP contribution in [0, 0.1) is 12.3 Å². The highest BCUT2D eigenvalue weighted by atomic mass is 16.3. The number of carbonyl (C=O) groups excluding carboxylic acids is 1. The van der Waals surface area contributed by atoms with Crippen LogP contribution in [0.1, 0.15) is 44.5 Å². The Morgan fingerprint density at radius 2 is 2.04 bits per heavy atom. The van der Waals surface area contributed by atoms with Gasteiger partial charge in [-0.3, -0.25) is 0 Å². The van der Waals surface area contributed by atoms with Gasteiger partial charge in [-0.05, 0) is 43.2 Å². The Kier molecular flexibility index (Phi) is 6.20. The highest BCUT2D eigenvalue weighted by Crippen LogP contribution is 2.29. The molecule has 0 atom stereocenters. The van der Waals surface area contributed by atoms with Gasteiger partial charge in [0.2, 0.25) is 0 Å². The topological polar surface area (TPSA) is 90.0 Å². The van der Waals surface area contributed by atoms with Crippen LogP contribution in [-0.4, -0.2) is 34.3 Å². The van der Waals surface area contributed by atoms with Gasteiger partial charge in [-0.2, -0.15) is 0 Å². The number of para-hydroxylation sites is 1. The van der Waals surface area contributed by atoms with Crippen LogP contribution in [0.4, 0.5) is 4.79 Å². The smallest absolute Gasteiger partial charge is 0.315 e. The normalized spacial score (nSPS) is 11.7. The Morgan fingerprint density at radius 1 is 1.29 bits per heavy atom. The number of aryl methyl sites for hydroxylation is 1. The van der Waals surface area contributed by atoms with Gasteiger partial charge >= 0.3 is 6.03 Å². The minimum atomic E-state index is -0.212. The van der Waals surface area contributed by atoms with Crippen molar-refractivity contribution in [2.45, 2.75) is 46.6 Å². The number of hydrogen-bond acceptors (Lipinski definition) is 3. The second-order valence-electron chi connectivity index (χ2n) is 6.37. The predicted octanol–water partition coefficient (Wildman–Crippen LogP) is 2.86. The van der Waals surface area contributed by atoms with E-state index in [-0.39, 0.29) is 18.1 Å². The highest BCUT2D eigenvalue weighted by molar-refractivity contribution is 5.78. The summed E-state index contributed by atoms with van der Waals surface area (Å²) in [5.41, 5.74) is 2.99. The molecular formula is C18H28N4O2. The van der Waals surface area contributed by atoms with Gasteiger partial charge in [0, 0.05) is 13.2 Å². The van der Waals surface area contributed by atoms with Gasteiger partial charge in [-0.15, -0.1) is 0 Å². The number of nitrogens with zero attached hydrogens (tertiary/aromatic N) is 1. The Hall–Kier alpha value is -2.08. The molecule has 0 saturated carbocycles. The van der Waals surface area contributed by atoms with E-state index in [1.54, 1.807) is 0 Å². The first-order valence-electron chi connectivity index (χ1n) is 8.60. The van der Waals surface area contributed by atoms with Gasteiger partial charge in [0.25, 0.3) is 0 Å². The molecule has 132 valence electrons. The number of benzene rings is 1. The van der Waals surface area contributed by atoms with Crippen molar-refractivity contribution < 1.29 is 9.90 Å². The number of rotatable bonds is 8. The van der Waals surface area contributed by atoms with Gasteiger partial charge in [-0.1, -0.05) is 26.0 Å². The van der Waals surface area contributed by atoms with Crippen LogP contribution in [0.25, 0.3) is 11.0 Å². The van der Waals surface area contributed by atoms with Crippen molar-refractivity contribution in [3.8, 4) is 0 Å². The molecule has 0 spiro atoms. The number of hydrogen-bond donors (Lipinski definition) is 4. The number of aliphatic hydroxyl groups is 1. The fourth-order valence-electron chi connectivity index (χ4n) is 2.98. The molecule has 1 aromatic heterocycles. The molecule has 6 nitrogen and oxygen atoms in total. The number of carbonyl (C=O) groups is 1. The third kappa shape index (κ3) is 4.26. The molecule has 0 aliphatic heterocycles. The average molecular weight is 332 g/mol. The number of aromatic nitrogens is 2. The first kappa shape index (κ1) is 18.3. The second-order valence-corrected chi connectivity index (χ2v) is 6.37. The SMILES string of the molecule is CCC(CC)(CCO)CNC(=O)NCc1nc2c(C)cccc2[nH]1. The van der Waals surface area contributed by atoms with E-state index in [1.807, 2.05) is 25.1 Å². The van der Waals surface area contributed by atoms with E-state index in [2.05, 4.69) is 34.4 Å². The number of nitrogens with one attached hydrogen (secondary N) is 3. The number of imidazole rings is 1. The maximum absolute atomic E-state index is 12.1. The molecule has 0 aliphatic carbocycles. The molecule has 4 N–H and O–H groups in total. The lowest BCUT2D eigenvalue weighted by Crippen LogP contribution is -2.42. The van der Waals surface area contributed by atoms with Gasteiger partial charge < -0.3 is 20.7 Å². The summed E-state index contributed by atoms with van der Waals surface area (Å²) in [5, 5.41) is 15.0. The summed E-state index contributed by atoms with van der Waals surface area (Å²) in [5.74, 6) is 0.738. The van der Waals surface area contributed by atoms with Crippen LogP contribution in [0.2, 0.25) is 0 Å². The molecule has 24 heavy (non-hydrogen) atoms. The quantitative estimate of drug-likeness (QED) is 0.599. The number of amides is 2. The van der Waals surface area contributed by atoms with Crippen molar-refractivity contribution >= 4 is 17.1 Å². The first-order chi connectivity index (χ1) is 11.5. The second kappa shape index (κ2) is 8.15. The zero-order valence-electron chi connectivity index (χ0n) is 14.8. The van der Waals surface area contributed by atoms with E-state index in [0.29, 0.717) is 19.5 Å². The predicted molar refractivity (Wildman–Crippen MR) is 95.8 cm³/mol. The van der Waals surface area contributed by atoms with Gasteiger partial charge in [0.05, 0.1) is 17.6 Å². The molecule has 1 aromatic carbocycles. The standard InChI is InChI=1S/C18H28N4O2/c1-4-18(5-2,9-10-23)12-20-17(24)19-11-15-21-14-8-6-7-13(3)16(14)22-15/h6-8,23H,4-5,9-12H2,1-3H3,(H,21,22)(H2,19,20,24). The largest absolute Gasteiger partial charge is 0.396 e. The van der Waals surface area contributed by atoms with Crippen LogP contribution < -0.4 is 10.6 Å². The van der Waals surface area contributed by atoms with Gasteiger partial charge in [-0.25, -0.2) is 9.78 Å². The van der Waals surface area contributed by atoms with E-state index < -0.39 is 0 Å². The van der Waals surface area contributed by atoms with Crippen LogP contribution in [0.3, 0.4) is 0 Å². The Balaban J connectivity index is 1.89. The fourth-order valence-corrected chi connectivity index (χ4v) is 2.98. The number of aliphatic hydroxyl groups excluding tert-OH is 1. The summed E-state index contributed by atoms with van der Waals surface area (Å²) < 4.78 is 0. The van der Waals surface area contributed by atoms with Gasteiger partial charge in [0.15, 0.2) is 0 Å². The van der Waals surface area contributed by atoms with Crippen molar-refractivity contribution in [2.24, 2.45) is 5.41 Å². The zero-order valence-corrected chi connectivity index (χ0v) is 14.8. The van der Waals surface area contributed by atoms with Crippen molar-refractivity contribution in [2.75, 3.05) is 13.2 Å². The Labute approximate surface area is 143 Å². The third-order valence-corrected chi connectivity index (χ3v) is 4.95. The minimum absolute atomic E-state index is 0.0391. The molecular weight excluding hydrogens is 304 g/mol. The summed E-state index contributed by atoms with van der Waals surface area (Å²) in [4.78, 5) is 19.8. The molecule has 0 fully saturated rings. The highest BCUT2D eigenvalue weighted by Gasteiger charge is 2.26. The van der Waals surface area contributed by atoms with E-state index in [0.717, 1.165) is 35.3 Å². The van der Waals surface area contributed by atoms with E-state index >= 15 is 0 Å². The maximum atomic E-state index is 12.1. The number of H-pyrrole nitrogens is 1. The third-order valence-electron chi connectivity index (χ3n) is 4.95. The molecule has 0 saturated heterocycles. The lowest BCUT2D eigenvalue weighted by atomic mass is 9.79. The van der Waals surface area contributed by atoms with Crippen molar-refractivity contribution in [1.82, 2.24) is 20.6 Å². The van der Waals surface area contributed by atoms with E-state index in [4.69, 9.17) is 0 Å². The molecule has 6 heteroatoms. The summed E-state index contributed by atoms with van der Waals surface area (Å²) in [6.45, 7) is 7.26. The monoisotopic (exact) mass is 332 g/mol. The van der Waals surface area contributed by atoms with Crippen molar-refractivity contribution in [3.05, 3.63) is 29.6 Å². The van der Waals surface area contributed by atoms with Gasteiger partial charge in [0.1, 0.15) is 5.82 Å². The average Bonchev–Trinajstić information content (AvgIpc) is 3.01. The fraction of sp³-hybridized carbons (Fsp3) is 0.556. The lowest BCUT2D eigenvalue weighted by molar-refractivity contribution is 0.163. The number of aromatic amines is 1. The summed E-state index contributed by atoms with van der Waals surface area (Å²) >= 11 is 0. The van der Waals surface area contributed by atoms with E-state index in [9.17, 15) is 9.90 Å². The first-order valence-corrected chi connectivity index (χ1v) is 8.60. The lowest BCUT2D eigenvalue weighted by Gasteiger charge is -2.31. The van der Waals surface area contributed by atoms with Crippen molar-refractivity contribution in [1.29, 1.82) is 0 Å². The Bertz CT molecular complexity index is 677. The van der Waals surface area contributed by atoms with E-state index in [1.165, 1.54) is 0 Å². The summed E-state index contributed by atoms with van der Waals surface area (Å²) in [6.07, 6.45) is 2.55. The molecule has 2 aromatic rings. The Morgan fingerprint density at radius 3 is 2.67 bits per heavy atom. The maximum Gasteiger partial charge on any atom is 0.315 e. The zero-order chi connectivity index (χ0) is 17.6. The van der Waals surface area contributed by atoms with Crippen LogP contribution in [-0.2, 0) is 6.54 Å². The molecule has 0 bridgehead atoms. The molecule has 0 unspecified atom stereocenters.